The van der Waals surface area contributed by atoms with E-state index in [-0.39, 0.29) is 44.0 Å². The number of β-amino-alcohol motifs (C(OH)–C–C–N with tert-alkyl or cyclic N) is 1. The number of carbonyl (C=O) groups is 3. The SMILES string of the molecule is CC(C)O[C@H]1CN(C(=O)c2ccccc2N2CCC(=O)NC2=O)C[C@@H]1O. The van der Waals surface area contributed by atoms with Crippen LogP contribution in [0.25, 0.3) is 0 Å². The first-order chi connectivity index (χ1) is 12.4. The summed E-state index contributed by atoms with van der Waals surface area (Å²) in [6.45, 7) is 4.44. The molecule has 2 saturated heterocycles. The lowest BCUT2D eigenvalue weighted by molar-refractivity contribution is -0.120. The highest BCUT2D eigenvalue weighted by Crippen LogP contribution is 2.26. The van der Waals surface area contributed by atoms with E-state index in [2.05, 4.69) is 5.32 Å². The quantitative estimate of drug-likeness (QED) is 0.824. The first-order valence-corrected chi connectivity index (χ1v) is 8.70. The monoisotopic (exact) mass is 361 g/mol. The van der Waals surface area contributed by atoms with Gasteiger partial charge in [-0.2, -0.15) is 0 Å². The number of aliphatic hydroxyl groups excluding tert-OH is 1. The van der Waals surface area contributed by atoms with Gasteiger partial charge in [0.15, 0.2) is 0 Å². The van der Waals surface area contributed by atoms with Crippen molar-refractivity contribution in [3.63, 3.8) is 0 Å². The number of amides is 4. The van der Waals surface area contributed by atoms with Crippen LogP contribution >= 0.6 is 0 Å². The Hall–Kier alpha value is -2.45. The number of nitrogens with one attached hydrogen (secondary N) is 1. The summed E-state index contributed by atoms with van der Waals surface area (Å²) in [6.07, 6.45) is -1.04. The lowest BCUT2D eigenvalue weighted by Crippen LogP contribution is -2.50. The number of imide groups is 1. The second-order valence-electron chi connectivity index (χ2n) is 6.77. The second kappa shape index (κ2) is 7.43. The first kappa shape index (κ1) is 18.3. The van der Waals surface area contributed by atoms with Crippen LogP contribution in [0.4, 0.5) is 10.5 Å². The predicted octanol–water partition coefficient (Wildman–Crippen LogP) is 0.743. The molecule has 2 atom stereocenters. The van der Waals surface area contributed by atoms with Gasteiger partial charge in [0.05, 0.1) is 23.5 Å². The van der Waals surface area contributed by atoms with Crippen LogP contribution in [0.5, 0.6) is 0 Å². The van der Waals surface area contributed by atoms with E-state index in [1.165, 1.54) is 9.80 Å². The summed E-state index contributed by atoms with van der Waals surface area (Å²) in [7, 11) is 0. The van der Waals surface area contributed by atoms with E-state index in [0.29, 0.717) is 11.3 Å². The lowest BCUT2D eigenvalue weighted by Gasteiger charge is -2.29. The summed E-state index contributed by atoms with van der Waals surface area (Å²) in [6, 6.07) is 6.24. The third-order valence-corrected chi connectivity index (χ3v) is 4.45. The lowest BCUT2D eigenvalue weighted by atomic mass is 10.1. The average molecular weight is 361 g/mol. The van der Waals surface area contributed by atoms with Crippen LogP contribution in [-0.2, 0) is 9.53 Å². The Bertz CT molecular complexity index is 721. The van der Waals surface area contributed by atoms with Gasteiger partial charge in [0, 0.05) is 26.1 Å². The fraction of sp³-hybridized carbons (Fsp3) is 0.500. The van der Waals surface area contributed by atoms with Crippen molar-refractivity contribution in [3.05, 3.63) is 29.8 Å². The summed E-state index contributed by atoms with van der Waals surface area (Å²) in [5.41, 5.74) is 0.805. The zero-order chi connectivity index (χ0) is 18.8. The maximum Gasteiger partial charge on any atom is 0.328 e. The summed E-state index contributed by atoms with van der Waals surface area (Å²) in [5, 5.41) is 12.4. The van der Waals surface area contributed by atoms with Crippen molar-refractivity contribution < 1.29 is 24.2 Å². The highest BCUT2D eigenvalue weighted by molar-refractivity contribution is 6.09. The highest BCUT2D eigenvalue weighted by Gasteiger charge is 2.37. The molecule has 0 aliphatic carbocycles. The number of urea groups is 1. The minimum Gasteiger partial charge on any atom is -0.388 e. The van der Waals surface area contributed by atoms with Gasteiger partial charge in [-0.1, -0.05) is 12.1 Å². The Labute approximate surface area is 151 Å². The normalized spacial score (nSPS) is 23.5. The van der Waals surface area contributed by atoms with Crippen LogP contribution in [0.1, 0.15) is 30.6 Å². The molecule has 26 heavy (non-hydrogen) atoms. The van der Waals surface area contributed by atoms with Crippen LogP contribution < -0.4 is 10.2 Å². The summed E-state index contributed by atoms with van der Waals surface area (Å²) < 4.78 is 5.66. The van der Waals surface area contributed by atoms with Gasteiger partial charge in [0.1, 0.15) is 6.10 Å². The smallest absolute Gasteiger partial charge is 0.328 e. The molecule has 8 nitrogen and oxygen atoms in total. The molecule has 8 heteroatoms. The molecule has 140 valence electrons. The summed E-state index contributed by atoms with van der Waals surface area (Å²) in [5.74, 6) is -0.606. The molecule has 2 aliphatic rings. The van der Waals surface area contributed by atoms with Crippen molar-refractivity contribution in [2.75, 3.05) is 24.5 Å². The molecule has 4 amide bonds. The van der Waals surface area contributed by atoms with Crippen LogP contribution in [0.15, 0.2) is 24.3 Å². The molecule has 2 heterocycles. The maximum atomic E-state index is 13.0. The van der Waals surface area contributed by atoms with Crippen LogP contribution in [-0.4, -0.2) is 65.8 Å². The van der Waals surface area contributed by atoms with E-state index in [4.69, 9.17) is 4.74 Å². The van der Waals surface area contributed by atoms with Crippen molar-refractivity contribution in [3.8, 4) is 0 Å². The predicted molar refractivity (Wildman–Crippen MR) is 93.9 cm³/mol. The number of para-hydroxylation sites is 1. The van der Waals surface area contributed by atoms with E-state index in [9.17, 15) is 19.5 Å². The Morgan fingerprint density at radius 1 is 1.27 bits per heavy atom. The number of aliphatic hydroxyl groups is 1. The van der Waals surface area contributed by atoms with Gasteiger partial charge in [-0.15, -0.1) is 0 Å². The molecule has 1 aromatic rings. The van der Waals surface area contributed by atoms with E-state index in [1.54, 1.807) is 24.3 Å². The third kappa shape index (κ3) is 3.71. The molecule has 0 bridgehead atoms. The number of hydrogen-bond acceptors (Lipinski definition) is 5. The Kier molecular flexibility index (Phi) is 5.24. The van der Waals surface area contributed by atoms with Gasteiger partial charge >= 0.3 is 6.03 Å². The molecule has 0 aromatic heterocycles. The molecule has 0 radical (unpaired) electrons. The van der Waals surface area contributed by atoms with Crippen molar-refractivity contribution in [1.82, 2.24) is 10.2 Å². The number of ether oxygens (including phenoxy) is 1. The van der Waals surface area contributed by atoms with Crippen LogP contribution in [0.2, 0.25) is 0 Å². The Morgan fingerprint density at radius 2 is 2.00 bits per heavy atom. The molecule has 3 rings (SSSR count). The number of benzene rings is 1. The molecule has 2 N–H and O–H groups in total. The standard InChI is InChI=1S/C18H23N3O5/c1-11(2)26-15-10-20(9-14(15)22)17(24)12-5-3-4-6-13(12)21-8-7-16(23)19-18(21)25/h3-6,11,14-15,22H,7-10H2,1-2H3,(H,19,23,25)/t14-,15-/m0/s1. The fourth-order valence-electron chi connectivity index (χ4n) is 3.26. The van der Waals surface area contributed by atoms with E-state index < -0.39 is 18.2 Å². The second-order valence-corrected chi connectivity index (χ2v) is 6.77. The molecular formula is C18H23N3O5. The topological polar surface area (TPSA) is 99.2 Å². The van der Waals surface area contributed by atoms with Gasteiger partial charge in [-0.25, -0.2) is 4.79 Å². The number of likely N-dealkylation sites (tertiary alicyclic amines) is 1. The first-order valence-electron chi connectivity index (χ1n) is 8.70. The van der Waals surface area contributed by atoms with Crippen molar-refractivity contribution in [2.45, 2.75) is 38.6 Å². The fourth-order valence-corrected chi connectivity index (χ4v) is 3.26. The number of nitrogens with zero attached hydrogens (tertiary/aromatic N) is 2. The van der Waals surface area contributed by atoms with Crippen molar-refractivity contribution in [2.24, 2.45) is 0 Å². The largest absolute Gasteiger partial charge is 0.388 e. The average Bonchev–Trinajstić information content (AvgIpc) is 2.94. The van der Waals surface area contributed by atoms with E-state index in [1.807, 2.05) is 13.8 Å². The number of hydrogen-bond donors (Lipinski definition) is 2. The highest BCUT2D eigenvalue weighted by atomic mass is 16.5. The Morgan fingerprint density at radius 3 is 2.69 bits per heavy atom. The van der Waals surface area contributed by atoms with Gasteiger partial charge < -0.3 is 14.7 Å². The molecule has 0 saturated carbocycles. The molecule has 2 fully saturated rings. The van der Waals surface area contributed by atoms with Crippen molar-refractivity contribution in [1.29, 1.82) is 0 Å². The minimum absolute atomic E-state index is 0.0495. The van der Waals surface area contributed by atoms with E-state index in [0.717, 1.165) is 0 Å². The molecular weight excluding hydrogens is 338 g/mol. The summed E-state index contributed by atoms with van der Waals surface area (Å²) in [4.78, 5) is 39.4. The molecule has 1 aromatic carbocycles. The number of anilines is 1. The number of carbonyl (C=O) groups excluding carboxylic acids is 3. The third-order valence-electron chi connectivity index (χ3n) is 4.45. The molecule has 0 spiro atoms. The van der Waals surface area contributed by atoms with E-state index >= 15 is 0 Å². The van der Waals surface area contributed by atoms with Crippen LogP contribution in [0.3, 0.4) is 0 Å². The minimum atomic E-state index is -0.746. The van der Waals surface area contributed by atoms with Crippen molar-refractivity contribution >= 4 is 23.5 Å². The van der Waals surface area contributed by atoms with Gasteiger partial charge in [0.2, 0.25) is 5.91 Å². The summed E-state index contributed by atoms with van der Waals surface area (Å²) >= 11 is 0. The zero-order valence-electron chi connectivity index (χ0n) is 14.8. The Balaban J connectivity index is 1.81. The van der Waals surface area contributed by atoms with Gasteiger partial charge in [-0.05, 0) is 26.0 Å². The maximum absolute atomic E-state index is 13.0. The zero-order valence-corrected chi connectivity index (χ0v) is 14.8. The van der Waals surface area contributed by atoms with Gasteiger partial charge in [0.25, 0.3) is 5.91 Å². The van der Waals surface area contributed by atoms with Crippen LogP contribution in [0, 0.1) is 0 Å². The van der Waals surface area contributed by atoms with Gasteiger partial charge in [-0.3, -0.25) is 19.8 Å². The number of rotatable bonds is 4. The molecule has 0 unspecified atom stereocenters. The molecule has 2 aliphatic heterocycles.